The van der Waals surface area contributed by atoms with Crippen LogP contribution in [-0.4, -0.2) is 90.3 Å². The first kappa shape index (κ1) is 25.8. The summed E-state index contributed by atoms with van der Waals surface area (Å²) in [5.74, 6) is -0.460. The molecule has 1 aromatic carbocycles. The highest BCUT2D eigenvalue weighted by molar-refractivity contribution is 5.92. The number of hydrogen-bond acceptors (Lipinski definition) is 6. The van der Waals surface area contributed by atoms with Crippen molar-refractivity contribution in [1.29, 1.82) is 0 Å². The Bertz CT molecular complexity index is 867. The predicted molar refractivity (Wildman–Crippen MR) is 130 cm³/mol. The number of rotatable bonds is 6. The molecule has 0 bridgehead atoms. The van der Waals surface area contributed by atoms with Crippen LogP contribution >= 0.6 is 0 Å². The number of likely N-dealkylation sites (N-methyl/N-ethyl adjacent to an activating group) is 2. The highest BCUT2D eigenvalue weighted by atomic mass is 16.6. The van der Waals surface area contributed by atoms with Gasteiger partial charge in [-0.1, -0.05) is 0 Å². The SMILES string of the molecule is CCN(C(=O)Nc1ccc(C(=O)OCC2CCCN2C(=O)OC(C)(C)C)cc1)C1CCN(C)C1. The Morgan fingerprint density at radius 1 is 1.12 bits per heavy atom. The van der Waals surface area contributed by atoms with E-state index in [2.05, 4.69) is 17.3 Å². The third-order valence-electron chi connectivity index (χ3n) is 6.19. The van der Waals surface area contributed by atoms with Crippen LogP contribution in [0.15, 0.2) is 24.3 Å². The fourth-order valence-electron chi connectivity index (χ4n) is 4.44. The van der Waals surface area contributed by atoms with Crippen molar-refractivity contribution < 1.29 is 23.9 Å². The van der Waals surface area contributed by atoms with E-state index < -0.39 is 11.6 Å². The Balaban J connectivity index is 1.51. The van der Waals surface area contributed by atoms with E-state index in [0.717, 1.165) is 32.4 Å². The number of likely N-dealkylation sites (tertiary alicyclic amines) is 2. The molecule has 1 N–H and O–H groups in total. The van der Waals surface area contributed by atoms with Gasteiger partial charge in [0.1, 0.15) is 12.2 Å². The van der Waals surface area contributed by atoms with E-state index in [9.17, 15) is 14.4 Å². The van der Waals surface area contributed by atoms with E-state index in [1.165, 1.54) is 0 Å². The molecule has 2 atom stereocenters. The summed E-state index contributed by atoms with van der Waals surface area (Å²) >= 11 is 0. The zero-order valence-corrected chi connectivity index (χ0v) is 21.0. The topological polar surface area (TPSA) is 91.4 Å². The van der Waals surface area contributed by atoms with Crippen LogP contribution in [-0.2, 0) is 9.47 Å². The van der Waals surface area contributed by atoms with Crippen LogP contribution in [0.25, 0.3) is 0 Å². The van der Waals surface area contributed by atoms with Gasteiger partial charge in [-0.25, -0.2) is 14.4 Å². The van der Waals surface area contributed by atoms with Gasteiger partial charge in [0.2, 0.25) is 0 Å². The number of amides is 3. The molecule has 0 saturated carbocycles. The van der Waals surface area contributed by atoms with Crippen LogP contribution in [0.3, 0.4) is 0 Å². The number of esters is 1. The van der Waals surface area contributed by atoms with Crippen molar-refractivity contribution in [3.63, 3.8) is 0 Å². The smallest absolute Gasteiger partial charge is 0.410 e. The molecule has 0 aromatic heterocycles. The molecule has 0 radical (unpaired) electrons. The maximum atomic E-state index is 12.7. The number of nitrogens with zero attached hydrogens (tertiary/aromatic N) is 3. The van der Waals surface area contributed by atoms with Crippen LogP contribution in [0, 0.1) is 0 Å². The van der Waals surface area contributed by atoms with E-state index in [1.807, 2.05) is 32.6 Å². The van der Waals surface area contributed by atoms with Crippen LogP contribution in [0.4, 0.5) is 15.3 Å². The summed E-state index contributed by atoms with van der Waals surface area (Å²) in [5.41, 5.74) is 0.447. The third-order valence-corrected chi connectivity index (χ3v) is 6.19. The molecule has 2 heterocycles. The van der Waals surface area contributed by atoms with Gasteiger partial charge in [-0.15, -0.1) is 0 Å². The number of anilines is 1. The lowest BCUT2D eigenvalue weighted by molar-refractivity contribution is 0.0106. The summed E-state index contributed by atoms with van der Waals surface area (Å²) in [5, 5.41) is 2.92. The third kappa shape index (κ3) is 6.85. The molecular weight excluding hydrogens is 436 g/mol. The lowest BCUT2D eigenvalue weighted by atomic mass is 10.2. The van der Waals surface area contributed by atoms with E-state index in [4.69, 9.17) is 9.47 Å². The van der Waals surface area contributed by atoms with Gasteiger partial charge in [0, 0.05) is 31.4 Å². The second-order valence-electron chi connectivity index (χ2n) is 10.1. The van der Waals surface area contributed by atoms with Gasteiger partial charge >= 0.3 is 18.1 Å². The maximum Gasteiger partial charge on any atom is 0.410 e. The molecule has 3 amide bonds. The molecule has 2 unspecified atom stereocenters. The molecule has 1 aromatic rings. The largest absolute Gasteiger partial charge is 0.460 e. The summed E-state index contributed by atoms with van der Waals surface area (Å²) in [6.45, 7) is 10.7. The van der Waals surface area contributed by atoms with Crippen molar-refractivity contribution in [2.24, 2.45) is 0 Å². The molecule has 2 aliphatic rings. The highest BCUT2D eigenvalue weighted by Gasteiger charge is 2.33. The normalized spacial score (nSPS) is 20.8. The fourth-order valence-corrected chi connectivity index (χ4v) is 4.44. The van der Waals surface area contributed by atoms with Gasteiger partial charge in [0.15, 0.2) is 0 Å². The van der Waals surface area contributed by atoms with Crippen molar-refractivity contribution in [1.82, 2.24) is 14.7 Å². The minimum Gasteiger partial charge on any atom is -0.460 e. The number of carbonyl (C=O) groups is 3. The minimum atomic E-state index is -0.570. The van der Waals surface area contributed by atoms with Gasteiger partial charge in [-0.3, -0.25) is 0 Å². The lowest BCUT2D eigenvalue weighted by Gasteiger charge is -2.28. The van der Waals surface area contributed by atoms with E-state index in [0.29, 0.717) is 24.3 Å². The van der Waals surface area contributed by atoms with Crippen molar-refractivity contribution in [2.45, 2.75) is 64.6 Å². The van der Waals surface area contributed by atoms with Crippen LogP contribution in [0.2, 0.25) is 0 Å². The molecule has 2 aliphatic heterocycles. The van der Waals surface area contributed by atoms with Gasteiger partial charge < -0.3 is 29.5 Å². The Morgan fingerprint density at radius 2 is 1.82 bits per heavy atom. The predicted octanol–water partition coefficient (Wildman–Crippen LogP) is 3.80. The number of urea groups is 1. The highest BCUT2D eigenvalue weighted by Crippen LogP contribution is 2.22. The monoisotopic (exact) mass is 474 g/mol. The van der Waals surface area contributed by atoms with Gasteiger partial charge in [-0.05, 0) is 84.8 Å². The summed E-state index contributed by atoms with van der Waals surface area (Å²) < 4.78 is 10.9. The average Bonchev–Trinajstić information content (AvgIpc) is 3.41. The van der Waals surface area contributed by atoms with Crippen LogP contribution < -0.4 is 5.32 Å². The summed E-state index contributed by atoms with van der Waals surface area (Å²) in [4.78, 5) is 43.4. The number of hydrogen-bond donors (Lipinski definition) is 1. The Hall–Kier alpha value is -2.81. The molecule has 9 heteroatoms. The lowest BCUT2D eigenvalue weighted by Crippen LogP contribution is -2.43. The van der Waals surface area contributed by atoms with Crippen molar-refractivity contribution in [3.05, 3.63) is 29.8 Å². The zero-order chi connectivity index (χ0) is 24.9. The van der Waals surface area contributed by atoms with E-state index in [1.54, 1.807) is 29.2 Å². The fraction of sp³-hybridized carbons (Fsp3) is 0.640. The Kier molecular flexibility index (Phi) is 8.41. The number of carbonyl (C=O) groups excluding carboxylic acids is 3. The molecule has 2 fully saturated rings. The Morgan fingerprint density at radius 3 is 2.41 bits per heavy atom. The standard InChI is InChI=1S/C25H38N4O5/c1-6-28(20-13-15-27(5)16-20)23(31)26-19-11-9-18(10-12-19)22(30)33-17-21-8-7-14-29(21)24(32)34-25(2,3)4/h9-12,20-21H,6-8,13-17H2,1-5H3,(H,26,31). The van der Waals surface area contributed by atoms with Gasteiger partial charge in [0.05, 0.1) is 11.6 Å². The molecule has 3 rings (SSSR count). The van der Waals surface area contributed by atoms with E-state index in [-0.39, 0.29) is 30.8 Å². The van der Waals surface area contributed by atoms with Gasteiger partial charge in [-0.2, -0.15) is 0 Å². The van der Waals surface area contributed by atoms with Crippen LogP contribution in [0.5, 0.6) is 0 Å². The first-order valence-electron chi connectivity index (χ1n) is 12.1. The quantitative estimate of drug-likeness (QED) is 0.631. The molecule has 188 valence electrons. The number of ether oxygens (including phenoxy) is 2. The maximum absolute atomic E-state index is 12.7. The molecule has 2 saturated heterocycles. The van der Waals surface area contributed by atoms with Crippen molar-refractivity contribution in [2.75, 3.05) is 45.2 Å². The summed E-state index contributed by atoms with van der Waals surface area (Å²) in [6, 6.07) is 6.56. The zero-order valence-electron chi connectivity index (χ0n) is 21.0. The molecule has 34 heavy (non-hydrogen) atoms. The first-order valence-corrected chi connectivity index (χ1v) is 12.1. The minimum absolute atomic E-state index is 0.123. The first-order chi connectivity index (χ1) is 16.1. The van der Waals surface area contributed by atoms with Crippen LogP contribution in [0.1, 0.15) is 57.3 Å². The molecular formula is C25H38N4O5. The average molecular weight is 475 g/mol. The molecule has 0 aliphatic carbocycles. The molecule has 0 spiro atoms. The van der Waals surface area contributed by atoms with Crippen molar-refractivity contribution in [3.8, 4) is 0 Å². The Labute approximate surface area is 202 Å². The van der Waals surface area contributed by atoms with Crippen molar-refractivity contribution >= 4 is 23.8 Å². The summed E-state index contributed by atoms with van der Waals surface area (Å²) in [6.07, 6.45) is 2.20. The second kappa shape index (κ2) is 11.1. The summed E-state index contributed by atoms with van der Waals surface area (Å²) in [7, 11) is 2.06. The van der Waals surface area contributed by atoms with E-state index >= 15 is 0 Å². The second-order valence-corrected chi connectivity index (χ2v) is 10.1. The van der Waals surface area contributed by atoms with Gasteiger partial charge in [0.25, 0.3) is 0 Å². The molecule has 9 nitrogen and oxygen atoms in total. The number of nitrogens with one attached hydrogen (secondary N) is 1. The number of benzene rings is 1.